The summed E-state index contributed by atoms with van der Waals surface area (Å²) in [5.41, 5.74) is -0.351. The van der Waals surface area contributed by atoms with Crippen LogP contribution in [0.5, 0.6) is 5.75 Å². The van der Waals surface area contributed by atoms with E-state index in [1.165, 1.54) is 19.4 Å². The van der Waals surface area contributed by atoms with Gasteiger partial charge in [-0.2, -0.15) is 0 Å². The van der Waals surface area contributed by atoms with Crippen LogP contribution in [0.3, 0.4) is 0 Å². The van der Waals surface area contributed by atoms with Crippen molar-refractivity contribution in [3.8, 4) is 5.75 Å². The maximum absolute atomic E-state index is 12.4. The van der Waals surface area contributed by atoms with E-state index in [9.17, 15) is 9.59 Å². The molecule has 138 valence electrons. The predicted molar refractivity (Wildman–Crippen MR) is 94.1 cm³/mol. The van der Waals surface area contributed by atoms with Crippen molar-refractivity contribution in [3.05, 3.63) is 23.0 Å². The monoisotopic (exact) mass is 369 g/mol. The van der Waals surface area contributed by atoms with Crippen LogP contribution in [-0.4, -0.2) is 53.2 Å². The summed E-state index contributed by atoms with van der Waals surface area (Å²) in [5, 5.41) is 3.21. The first-order chi connectivity index (χ1) is 11.6. The number of aromatic nitrogens is 1. The Labute approximate surface area is 152 Å². The molecule has 0 saturated carbocycles. The maximum Gasteiger partial charge on any atom is 0.410 e. The topological polar surface area (TPSA) is 80.8 Å². The number of halogens is 1. The Hall–Kier alpha value is -2.02. The van der Waals surface area contributed by atoms with Gasteiger partial charge in [-0.05, 0) is 40.2 Å². The molecular weight excluding hydrogens is 346 g/mol. The summed E-state index contributed by atoms with van der Waals surface area (Å²) >= 11 is 6.03. The van der Waals surface area contributed by atoms with Gasteiger partial charge in [0, 0.05) is 18.6 Å². The van der Waals surface area contributed by atoms with Crippen LogP contribution in [0.25, 0.3) is 0 Å². The van der Waals surface area contributed by atoms with Gasteiger partial charge in [-0.3, -0.25) is 4.79 Å². The van der Waals surface area contributed by atoms with E-state index in [4.69, 9.17) is 21.1 Å². The third-order valence-corrected chi connectivity index (χ3v) is 4.11. The minimum atomic E-state index is -0.554. The lowest BCUT2D eigenvalue weighted by Gasteiger charge is -2.26. The summed E-state index contributed by atoms with van der Waals surface area (Å²) < 4.78 is 10.4. The van der Waals surface area contributed by atoms with Crippen LogP contribution in [-0.2, 0) is 4.74 Å². The molecule has 2 heterocycles. The summed E-state index contributed by atoms with van der Waals surface area (Å²) in [7, 11) is 1.48. The highest BCUT2D eigenvalue weighted by Gasteiger charge is 2.35. The number of hydrogen-bond acceptors (Lipinski definition) is 5. The van der Waals surface area contributed by atoms with E-state index in [0.717, 1.165) is 0 Å². The second-order valence-corrected chi connectivity index (χ2v) is 7.50. The molecule has 0 aromatic carbocycles. The molecule has 1 N–H and O–H groups in total. The minimum Gasteiger partial charge on any atom is -0.494 e. The van der Waals surface area contributed by atoms with E-state index in [1.807, 2.05) is 27.7 Å². The molecule has 0 unspecified atom stereocenters. The zero-order chi connectivity index (χ0) is 18.8. The summed E-state index contributed by atoms with van der Waals surface area (Å²) in [6, 6.07) is 1.27. The van der Waals surface area contributed by atoms with Gasteiger partial charge in [0.25, 0.3) is 5.91 Å². The molecule has 1 aliphatic rings. The number of amides is 2. The Bertz CT molecular complexity index is 660. The molecule has 0 bridgehead atoms. The third-order valence-electron chi connectivity index (χ3n) is 3.81. The van der Waals surface area contributed by atoms with Crippen molar-refractivity contribution in [1.29, 1.82) is 0 Å². The van der Waals surface area contributed by atoms with Gasteiger partial charge in [0.05, 0.1) is 18.3 Å². The first-order valence-electron chi connectivity index (χ1n) is 8.10. The highest BCUT2D eigenvalue weighted by atomic mass is 35.5. The van der Waals surface area contributed by atoms with Crippen LogP contribution in [0.4, 0.5) is 4.79 Å². The molecule has 7 nitrogen and oxygen atoms in total. The zero-order valence-electron chi connectivity index (χ0n) is 15.1. The highest BCUT2D eigenvalue weighted by Crippen LogP contribution is 2.24. The van der Waals surface area contributed by atoms with Crippen molar-refractivity contribution in [1.82, 2.24) is 15.2 Å². The molecule has 1 aromatic heterocycles. The Morgan fingerprint density at radius 1 is 1.40 bits per heavy atom. The first-order valence-corrected chi connectivity index (χ1v) is 8.48. The van der Waals surface area contributed by atoms with Gasteiger partial charge in [-0.1, -0.05) is 11.6 Å². The van der Waals surface area contributed by atoms with E-state index in [1.54, 1.807) is 4.90 Å². The van der Waals surface area contributed by atoms with E-state index < -0.39 is 5.60 Å². The first kappa shape index (κ1) is 19.3. The largest absolute Gasteiger partial charge is 0.494 e. The molecule has 0 aliphatic carbocycles. The van der Waals surface area contributed by atoms with Crippen molar-refractivity contribution >= 4 is 23.6 Å². The van der Waals surface area contributed by atoms with Crippen LogP contribution in [0.1, 0.15) is 44.6 Å². The average Bonchev–Trinajstić information content (AvgIpc) is 2.86. The maximum atomic E-state index is 12.4. The predicted octanol–water partition coefficient (Wildman–Crippen LogP) is 2.87. The summed E-state index contributed by atoms with van der Waals surface area (Å²) in [5.74, 6) is 0.0663. The van der Waals surface area contributed by atoms with E-state index in [-0.39, 0.29) is 29.8 Å². The molecule has 0 spiro atoms. The second-order valence-electron chi connectivity index (χ2n) is 7.09. The number of methoxy groups -OCH3 is 1. The number of likely N-dealkylation sites (tertiary alicyclic amines) is 1. The SMILES string of the molecule is COc1cnc(C(=O)N[C@@H]2C[C@@H](C)N(C(=O)OC(C)(C)C)C2)cc1Cl. The molecule has 1 aliphatic heterocycles. The molecule has 25 heavy (non-hydrogen) atoms. The number of carbonyl (C=O) groups is 2. The number of pyridine rings is 1. The smallest absolute Gasteiger partial charge is 0.410 e. The lowest BCUT2D eigenvalue weighted by molar-refractivity contribution is 0.0235. The molecular formula is C17H24ClN3O4. The van der Waals surface area contributed by atoms with Crippen LogP contribution >= 0.6 is 11.6 Å². The molecule has 2 atom stereocenters. The van der Waals surface area contributed by atoms with Gasteiger partial charge >= 0.3 is 6.09 Å². The lowest BCUT2D eigenvalue weighted by atomic mass is 10.2. The average molecular weight is 370 g/mol. The number of nitrogens with one attached hydrogen (secondary N) is 1. The Morgan fingerprint density at radius 2 is 2.08 bits per heavy atom. The number of rotatable bonds is 3. The molecule has 2 rings (SSSR count). The van der Waals surface area contributed by atoms with Gasteiger partial charge in [0.15, 0.2) is 5.75 Å². The summed E-state index contributed by atoms with van der Waals surface area (Å²) in [6.07, 6.45) is 1.68. The van der Waals surface area contributed by atoms with E-state index >= 15 is 0 Å². The summed E-state index contributed by atoms with van der Waals surface area (Å²) in [6.45, 7) is 7.79. The third kappa shape index (κ3) is 4.98. The van der Waals surface area contributed by atoms with Crippen molar-refractivity contribution < 1.29 is 19.1 Å². The molecule has 1 aromatic rings. The van der Waals surface area contributed by atoms with Crippen LogP contribution in [0.15, 0.2) is 12.3 Å². The normalized spacial score (nSPS) is 20.3. The Morgan fingerprint density at radius 3 is 2.64 bits per heavy atom. The lowest BCUT2D eigenvalue weighted by Crippen LogP contribution is -2.41. The molecule has 1 saturated heterocycles. The fourth-order valence-electron chi connectivity index (χ4n) is 2.66. The van der Waals surface area contributed by atoms with Gasteiger partial charge in [0.1, 0.15) is 11.3 Å². The van der Waals surface area contributed by atoms with E-state index in [2.05, 4.69) is 10.3 Å². The van der Waals surface area contributed by atoms with Crippen molar-refractivity contribution in [2.45, 2.75) is 51.8 Å². The quantitative estimate of drug-likeness (QED) is 0.886. The molecule has 1 fully saturated rings. The highest BCUT2D eigenvalue weighted by molar-refractivity contribution is 6.32. The van der Waals surface area contributed by atoms with Gasteiger partial charge in [-0.25, -0.2) is 9.78 Å². The number of nitrogens with zero attached hydrogens (tertiary/aromatic N) is 2. The van der Waals surface area contributed by atoms with Crippen molar-refractivity contribution in [2.24, 2.45) is 0 Å². The van der Waals surface area contributed by atoms with Crippen LogP contribution in [0.2, 0.25) is 5.02 Å². The minimum absolute atomic E-state index is 0.0208. The van der Waals surface area contributed by atoms with E-state index in [0.29, 0.717) is 23.7 Å². The number of carbonyl (C=O) groups excluding carboxylic acids is 2. The Kier molecular flexibility index (Phi) is 5.77. The number of ether oxygens (including phenoxy) is 2. The molecule has 8 heteroatoms. The van der Waals surface area contributed by atoms with Crippen LogP contribution < -0.4 is 10.1 Å². The molecule has 0 radical (unpaired) electrons. The molecule has 2 amide bonds. The van der Waals surface area contributed by atoms with Gasteiger partial charge in [-0.15, -0.1) is 0 Å². The van der Waals surface area contributed by atoms with Crippen molar-refractivity contribution in [3.63, 3.8) is 0 Å². The summed E-state index contributed by atoms with van der Waals surface area (Å²) in [4.78, 5) is 30.3. The zero-order valence-corrected chi connectivity index (χ0v) is 15.9. The second kappa shape index (κ2) is 7.47. The Balaban J connectivity index is 1.98. The fraction of sp³-hybridized carbons (Fsp3) is 0.588. The van der Waals surface area contributed by atoms with Gasteiger partial charge < -0.3 is 19.7 Å². The standard InChI is InChI=1S/C17H24ClN3O4/c1-10-6-11(9-21(10)16(23)25-17(2,3)4)20-15(22)13-7-12(18)14(24-5)8-19-13/h7-8,10-11H,6,9H2,1-5H3,(H,20,22)/t10-,11-/m1/s1. The van der Waals surface area contributed by atoms with Crippen molar-refractivity contribution in [2.75, 3.05) is 13.7 Å². The number of hydrogen-bond donors (Lipinski definition) is 1. The van der Waals surface area contributed by atoms with Gasteiger partial charge in [0.2, 0.25) is 0 Å². The fourth-order valence-corrected chi connectivity index (χ4v) is 2.89. The van der Waals surface area contributed by atoms with Crippen LogP contribution in [0, 0.1) is 0 Å².